The lowest BCUT2D eigenvalue weighted by Crippen LogP contribution is -2.43. The molecular formula is C17H27N3OS. The Bertz CT molecular complexity index is 460. The van der Waals surface area contributed by atoms with Crippen LogP contribution in [0.2, 0.25) is 0 Å². The first-order chi connectivity index (χ1) is 10.9. The molecular weight excluding hydrogens is 294 g/mol. The molecule has 22 heavy (non-hydrogen) atoms. The molecule has 3 heterocycles. The van der Waals surface area contributed by atoms with E-state index < -0.39 is 0 Å². The van der Waals surface area contributed by atoms with Crippen molar-refractivity contribution in [1.29, 1.82) is 0 Å². The Kier molecular flexibility index (Phi) is 4.76. The summed E-state index contributed by atoms with van der Waals surface area (Å²) in [7, 11) is 0. The standard InChI is InChI=1S/C17H27N3OS/c1-2-14(10-19-5-7-21-8-6-19)16-12-20(11-15(16)3-1)13-17-18-4-9-22-17/h4,9,14-16H,1-3,5-8,10-13H2/t14-,15+,16+/m0/s1. The Morgan fingerprint density at radius 1 is 1.18 bits per heavy atom. The summed E-state index contributed by atoms with van der Waals surface area (Å²) in [6, 6.07) is 0. The SMILES string of the molecule is c1csc(CN2C[C@H]3CCC[C@@H](CN4CCOCC4)[C@H]3C2)n1. The van der Waals surface area contributed by atoms with Crippen LogP contribution in [-0.4, -0.2) is 60.7 Å². The minimum absolute atomic E-state index is 0.901. The molecule has 0 spiro atoms. The molecule has 3 aliphatic rings. The molecule has 1 aromatic rings. The molecule has 0 aromatic carbocycles. The van der Waals surface area contributed by atoms with E-state index in [0.717, 1.165) is 50.6 Å². The summed E-state index contributed by atoms with van der Waals surface area (Å²) < 4.78 is 5.50. The fraction of sp³-hybridized carbons (Fsp3) is 0.824. The van der Waals surface area contributed by atoms with E-state index in [9.17, 15) is 0 Å². The van der Waals surface area contributed by atoms with Crippen LogP contribution in [0.15, 0.2) is 11.6 Å². The molecule has 122 valence electrons. The van der Waals surface area contributed by atoms with Crippen LogP contribution in [0.3, 0.4) is 0 Å². The van der Waals surface area contributed by atoms with Gasteiger partial charge in [-0.25, -0.2) is 4.98 Å². The van der Waals surface area contributed by atoms with Crippen LogP contribution >= 0.6 is 11.3 Å². The summed E-state index contributed by atoms with van der Waals surface area (Å²) in [5.41, 5.74) is 0. The number of rotatable bonds is 4. The van der Waals surface area contributed by atoms with Crippen molar-refractivity contribution in [2.75, 3.05) is 45.9 Å². The number of aromatic nitrogens is 1. The Labute approximate surface area is 137 Å². The topological polar surface area (TPSA) is 28.6 Å². The highest BCUT2D eigenvalue weighted by Crippen LogP contribution is 2.41. The van der Waals surface area contributed by atoms with Crippen LogP contribution in [0.1, 0.15) is 24.3 Å². The van der Waals surface area contributed by atoms with Gasteiger partial charge in [0.25, 0.3) is 0 Å². The number of thiazole rings is 1. The fourth-order valence-corrected chi connectivity index (χ4v) is 5.34. The molecule has 4 rings (SSSR count). The van der Waals surface area contributed by atoms with Crippen molar-refractivity contribution in [2.24, 2.45) is 17.8 Å². The molecule has 2 aliphatic heterocycles. The minimum atomic E-state index is 0.901. The van der Waals surface area contributed by atoms with Crippen molar-refractivity contribution < 1.29 is 4.74 Å². The van der Waals surface area contributed by atoms with Crippen LogP contribution in [-0.2, 0) is 11.3 Å². The summed E-state index contributed by atoms with van der Waals surface area (Å²) >= 11 is 1.80. The Morgan fingerprint density at radius 2 is 2.09 bits per heavy atom. The summed E-state index contributed by atoms with van der Waals surface area (Å²) in [6.45, 7) is 9.08. The molecule has 1 aliphatic carbocycles. The highest BCUT2D eigenvalue weighted by atomic mass is 32.1. The third-order valence-electron chi connectivity index (χ3n) is 5.76. The number of ether oxygens (including phenoxy) is 1. The maximum Gasteiger partial charge on any atom is 0.107 e. The van der Waals surface area contributed by atoms with Gasteiger partial charge in [-0.2, -0.15) is 0 Å². The Morgan fingerprint density at radius 3 is 2.91 bits per heavy atom. The summed E-state index contributed by atoms with van der Waals surface area (Å²) in [4.78, 5) is 9.76. The van der Waals surface area contributed by atoms with Crippen molar-refractivity contribution in [3.63, 3.8) is 0 Å². The van der Waals surface area contributed by atoms with Crippen molar-refractivity contribution in [1.82, 2.24) is 14.8 Å². The van der Waals surface area contributed by atoms with Crippen LogP contribution < -0.4 is 0 Å². The van der Waals surface area contributed by atoms with Crippen LogP contribution in [0.25, 0.3) is 0 Å². The lowest BCUT2D eigenvalue weighted by atomic mass is 9.73. The van der Waals surface area contributed by atoms with Gasteiger partial charge in [-0.1, -0.05) is 6.42 Å². The minimum Gasteiger partial charge on any atom is -0.379 e. The fourth-order valence-electron chi connectivity index (χ4n) is 4.68. The third-order valence-corrected chi connectivity index (χ3v) is 6.53. The first-order valence-electron chi connectivity index (χ1n) is 8.79. The average molecular weight is 321 g/mol. The quantitative estimate of drug-likeness (QED) is 0.851. The first-order valence-corrected chi connectivity index (χ1v) is 9.67. The molecule has 3 fully saturated rings. The number of hydrogen-bond donors (Lipinski definition) is 0. The molecule has 4 nitrogen and oxygen atoms in total. The van der Waals surface area contributed by atoms with Gasteiger partial charge >= 0.3 is 0 Å². The Balaban J connectivity index is 1.36. The third kappa shape index (κ3) is 3.37. The van der Waals surface area contributed by atoms with Gasteiger partial charge in [0.2, 0.25) is 0 Å². The summed E-state index contributed by atoms with van der Waals surface area (Å²) in [6.07, 6.45) is 6.24. The molecule has 3 atom stereocenters. The van der Waals surface area contributed by atoms with E-state index in [-0.39, 0.29) is 0 Å². The van der Waals surface area contributed by atoms with E-state index in [0.29, 0.717) is 0 Å². The maximum absolute atomic E-state index is 5.50. The number of morpholine rings is 1. The molecule has 0 N–H and O–H groups in total. The van der Waals surface area contributed by atoms with E-state index in [2.05, 4.69) is 20.2 Å². The highest BCUT2D eigenvalue weighted by Gasteiger charge is 2.40. The van der Waals surface area contributed by atoms with Gasteiger partial charge in [0.05, 0.1) is 19.8 Å². The van der Waals surface area contributed by atoms with Gasteiger partial charge in [-0.3, -0.25) is 9.80 Å². The summed E-state index contributed by atoms with van der Waals surface area (Å²) in [5, 5.41) is 3.38. The molecule has 0 radical (unpaired) electrons. The van der Waals surface area contributed by atoms with Crippen LogP contribution in [0, 0.1) is 17.8 Å². The second-order valence-corrected chi connectivity index (χ2v) is 8.13. The van der Waals surface area contributed by atoms with Gasteiger partial charge < -0.3 is 4.74 Å². The van der Waals surface area contributed by atoms with Crippen molar-refractivity contribution in [2.45, 2.75) is 25.8 Å². The molecule has 1 aromatic heterocycles. The second kappa shape index (κ2) is 6.95. The molecule has 0 amide bonds. The van der Waals surface area contributed by atoms with Gasteiger partial charge in [-0.15, -0.1) is 11.3 Å². The van der Waals surface area contributed by atoms with Gasteiger partial charge in [0, 0.05) is 44.3 Å². The summed E-state index contributed by atoms with van der Waals surface area (Å²) in [5.74, 6) is 2.74. The predicted octanol–water partition coefficient (Wildman–Crippen LogP) is 2.32. The van der Waals surface area contributed by atoms with Gasteiger partial charge in [0.1, 0.15) is 5.01 Å². The van der Waals surface area contributed by atoms with E-state index in [1.165, 1.54) is 43.9 Å². The number of nitrogens with zero attached hydrogens (tertiary/aromatic N) is 3. The molecule has 0 unspecified atom stereocenters. The highest BCUT2D eigenvalue weighted by molar-refractivity contribution is 7.09. The number of hydrogen-bond acceptors (Lipinski definition) is 5. The zero-order chi connectivity index (χ0) is 14.8. The second-order valence-electron chi connectivity index (χ2n) is 7.15. The average Bonchev–Trinajstić information content (AvgIpc) is 3.18. The normalized spacial score (nSPS) is 33.9. The van der Waals surface area contributed by atoms with Crippen molar-refractivity contribution >= 4 is 11.3 Å². The lowest BCUT2D eigenvalue weighted by Gasteiger charge is -2.37. The predicted molar refractivity (Wildman–Crippen MR) is 89.0 cm³/mol. The van der Waals surface area contributed by atoms with Gasteiger partial charge in [0.15, 0.2) is 0 Å². The van der Waals surface area contributed by atoms with Crippen LogP contribution in [0.5, 0.6) is 0 Å². The molecule has 0 bridgehead atoms. The van der Waals surface area contributed by atoms with Crippen LogP contribution in [0.4, 0.5) is 0 Å². The van der Waals surface area contributed by atoms with E-state index in [1.54, 1.807) is 11.3 Å². The van der Waals surface area contributed by atoms with E-state index in [4.69, 9.17) is 4.74 Å². The lowest BCUT2D eigenvalue weighted by molar-refractivity contribution is 0.0192. The molecule has 1 saturated carbocycles. The molecule has 5 heteroatoms. The monoisotopic (exact) mass is 321 g/mol. The molecule has 2 saturated heterocycles. The van der Waals surface area contributed by atoms with E-state index in [1.807, 2.05) is 6.20 Å². The zero-order valence-corrected chi connectivity index (χ0v) is 14.1. The Hall–Kier alpha value is -0.490. The van der Waals surface area contributed by atoms with Crippen molar-refractivity contribution in [3.8, 4) is 0 Å². The van der Waals surface area contributed by atoms with Gasteiger partial charge in [-0.05, 0) is 30.6 Å². The van der Waals surface area contributed by atoms with Crippen molar-refractivity contribution in [3.05, 3.63) is 16.6 Å². The first kappa shape index (κ1) is 15.1. The number of fused-ring (bicyclic) bond motifs is 1. The zero-order valence-electron chi connectivity index (χ0n) is 13.3. The van der Waals surface area contributed by atoms with E-state index >= 15 is 0 Å². The smallest absolute Gasteiger partial charge is 0.107 e. The number of likely N-dealkylation sites (tertiary alicyclic amines) is 1. The maximum atomic E-state index is 5.50. The largest absolute Gasteiger partial charge is 0.379 e.